The maximum absolute atomic E-state index is 5.62. The average molecular weight is 208 g/mol. The van der Waals surface area contributed by atoms with Gasteiger partial charge in [-0.2, -0.15) is 4.98 Å². The fourth-order valence-corrected chi connectivity index (χ4v) is 1.83. The van der Waals surface area contributed by atoms with E-state index in [1.165, 1.54) is 0 Å². The average Bonchev–Trinajstić information content (AvgIpc) is 2.29. The summed E-state index contributed by atoms with van der Waals surface area (Å²) in [6, 6.07) is 1.70. The monoisotopic (exact) mass is 208 g/mol. The van der Waals surface area contributed by atoms with Crippen LogP contribution in [0.5, 0.6) is 0 Å². The van der Waals surface area contributed by atoms with Gasteiger partial charge in [-0.05, 0) is 18.9 Å². The van der Waals surface area contributed by atoms with Crippen LogP contribution in [0.3, 0.4) is 0 Å². The van der Waals surface area contributed by atoms with Crippen molar-refractivity contribution in [2.45, 2.75) is 18.9 Å². The Morgan fingerprint density at radius 3 is 3.20 bits per heavy atom. The minimum absolute atomic E-state index is 0.281. The van der Waals surface area contributed by atoms with Crippen molar-refractivity contribution in [2.75, 3.05) is 30.8 Å². The molecule has 1 fully saturated rings. The van der Waals surface area contributed by atoms with Gasteiger partial charge >= 0.3 is 0 Å². The molecule has 0 amide bonds. The SMILES string of the molecule is COC1CCCN(c2nccc(N)n2)C1. The molecule has 82 valence electrons. The van der Waals surface area contributed by atoms with E-state index in [1.54, 1.807) is 19.4 Å². The minimum atomic E-state index is 0.281. The highest BCUT2D eigenvalue weighted by Crippen LogP contribution is 2.17. The lowest BCUT2D eigenvalue weighted by Gasteiger charge is -2.31. The lowest BCUT2D eigenvalue weighted by atomic mass is 10.1. The molecule has 0 radical (unpaired) electrons. The number of hydrogen-bond acceptors (Lipinski definition) is 5. The van der Waals surface area contributed by atoms with Crippen LogP contribution in [0.2, 0.25) is 0 Å². The molecular formula is C10H16N4O. The summed E-state index contributed by atoms with van der Waals surface area (Å²) in [6.07, 6.45) is 4.18. The third-order valence-electron chi connectivity index (χ3n) is 2.66. The number of aromatic nitrogens is 2. The molecule has 0 saturated carbocycles. The van der Waals surface area contributed by atoms with Crippen LogP contribution in [0.1, 0.15) is 12.8 Å². The highest BCUT2D eigenvalue weighted by Gasteiger charge is 2.21. The number of nitrogens with two attached hydrogens (primary N) is 1. The second kappa shape index (κ2) is 4.44. The molecular weight excluding hydrogens is 192 g/mol. The highest BCUT2D eigenvalue weighted by molar-refractivity contribution is 5.38. The lowest BCUT2D eigenvalue weighted by Crippen LogP contribution is -2.40. The van der Waals surface area contributed by atoms with E-state index in [-0.39, 0.29) is 6.10 Å². The fraction of sp³-hybridized carbons (Fsp3) is 0.600. The molecule has 1 aliphatic heterocycles. The number of nitrogen functional groups attached to an aromatic ring is 1. The number of rotatable bonds is 2. The Morgan fingerprint density at radius 2 is 2.47 bits per heavy atom. The van der Waals surface area contributed by atoms with Crippen LogP contribution in [-0.2, 0) is 4.74 Å². The molecule has 1 aromatic rings. The highest BCUT2D eigenvalue weighted by atomic mass is 16.5. The molecule has 15 heavy (non-hydrogen) atoms. The van der Waals surface area contributed by atoms with Crippen molar-refractivity contribution in [3.8, 4) is 0 Å². The number of methoxy groups -OCH3 is 1. The summed E-state index contributed by atoms with van der Waals surface area (Å²) in [4.78, 5) is 10.5. The Morgan fingerprint density at radius 1 is 1.60 bits per heavy atom. The Kier molecular flexibility index (Phi) is 3.01. The first kappa shape index (κ1) is 10.2. The summed E-state index contributed by atoms with van der Waals surface area (Å²) < 4.78 is 5.34. The van der Waals surface area contributed by atoms with E-state index in [9.17, 15) is 0 Å². The molecule has 5 nitrogen and oxygen atoms in total. The van der Waals surface area contributed by atoms with E-state index in [4.69, 9.17) is 10.5 Å². The zero-order chi connectivity index (χ0) is 10.7. The third-order valence-corrected chi connectivity index (χ3v) is 2.66. The first-order valence-corrected chi connectivity index (χ1v) is 5.16. The zero-order valence-electron chi connectivity index (χ0n) is 8.89. The standard InChI is InChI=1S/C10H16N4O/c1-15-8-3-2-6-14(7-8)10-12-5-4-9(11)13-10/h4-5,8H,2-3,6-7H2,1H3,(H2,11,12,13). The van der Waals surface area contributed by atoms with Gasteiger partial charge in [0.05, 0.1) is 6.10 Å². The van der Waals surface area contributed by atoms with Gasteiger partial charge in [-0.1, -0.05) is 0 Å². The molecule has 1 aromatic heterocycles. The number of nitrogens with zero attached hydrogens (tertiary/aromatic N) is 3. The molecule has 0 aromatic carbocycles. The van der Waals surface area contributed by atoms with E-state index < -0.39 is 0 Å². The van der Waals surface area contributed by atoms with Crippen molar-refractivity contribution in [2.24, 2.45) is 0 Å². The van der Waals surface area contributed by atoms with Crippen molar-refractivity contribution in [1.29, 1.82) is 0 Å². The smallest absolute Gasteiger partial charge is 0.227 e. The number of ether oxygens (including phenoxy) is 1. The van der Waals surface area contributed by atoms with Gasteiger partial charge in [0.15, 0.2) is 0 Å². The normalized spacial score (nSPS) is 21.7. The second-order valence-corrected chi connectivity index (χ2v) is 3.73. The van der Waals surface area contributed by atoms with E-state index in [2.05, 4.69) is 14.9 Å². The van der Waals surface area contributed by atoms with Crippen LogP contribution in [-0.4, -0.2) is 36.3 Å². The second-order valence-electron chi connectivity index (χ2n) is 3.73. The Labute approximate surface area is 89.3 Å². The molecule has 2 heterocycles. The third kappa shape index (κ3) is 2.36. The van der Waals surface area contributed by atoms with Crippen LogP contribution < -0.4 is 10.6 Å². The van der Waals surface area contributed by atoms with Gasteiger partial charge in [0.25, 0.3) is 0 Å². The number of anilines is 2. The van der Waals surface area contributed by atoms with Crippen LogP contribution >= 0.6 is 0 Å². The van der Waals surface area contributed by atoms with E-state index in [0.717, 1.165) is 25.9 Å². The van der Waals surface area contributed by atoms with Gasteiger partial charge in [-0.15, -0.1) is 0 Å². The molecule has 1 atom stereocenters. The number of piperidine rings is 1. The van der Waals surface area contributed by atoms with Crippen LogP contribution in [0.25, 0.3) is 0 Å². The van der Waals surface area contributed by atoms with Crippen molar-refractivity contribution < 1.29 is 4.74 Å². The molecule has 1 saturated heterocycles. The Hall–Kier alpha value is -1.36. The topological polar surface area (TPSA) is 64.3 Å². The van der Waals surface area contributed by atoms with Crippen molar-refractivity contribution in [3.63, 3.8) is 0 Å². The van der Waals surface area contributed by atoms with Gasteiger partial charge in [0, 0.05) is 26.4 Å². The van der Waals surface area contributed by atoms with Gasteiger partial charge < -0.3 is 15.4 Å². The summed E-state index contributed by atoms with van der Waals surface area (Å²) >= 11 is 0. The van der Waals surface area contributed by atoms with E-state index in [1.807, 2.05) is 0 Å². The largest absolute Gasteiger partial charge is 0.384 e. The maximum Gasteiger partial charge on any atom is 0.227 e. The van der Waals surface area contributed by atoms with Crippen molar-refractivity contribution in [3.05, 3.63) is 12.3 Å². The number of hydrogen-bond donors (Lipinski definition) is 1. The van der Waals surface area contributed by atoms with Gasteiger partial charge in [0.1, 0.15) is 5.82 Å². The molecule has 0 spiro atoms. The summed E-state index contributed by atoms with van der Waals surface area (Å²) in [5.41, 5.74) is 5.62. The minimum Gasteiger partial charge on any atom is -0.384 e. The Balaban J connectivity index is 2.09. The van der Waals surface area contributed by atoms with Crippen LogP contribution in [0.15, 0.2) is 12.3 Å². The van der Waals surface area contributed by atoms with Gasteiger partial charge in [-0.25, -0.2) is 4.98 Å². The Bertz CT molecular complexity index is 331. The molecule has 0 bridgehead atoms. The van der Waals surface area contributed by atoms with Crippen molar-refractivity contribution >= 4 is 11.8 Å². The predicted molar refractivity (Wildman–Crippen MR) is 58.7 cm³/mol. The summed E-state index contributed by atoms with van der Waals surface area (Å²) in [7, 11) is 1.74. The molecule has 0 aliphatic carbocycles. The summed E-state index contributed by atoms with van der Waals surface area (Å²) in [6.45, 7) is 1.82. The van der Waals surface area contributed by atoms with E-state index >= 15 is 0 Å². The molecule has 5 heteroatoms. The first-order valence-electron chi connectivity index (χ1n) is 5.16. The zero-order valence-corrected chi connectivity index (χ0v) is 8.89. The molecule has 1 unspecified atom stereocenters. The summed E-state index contributed by atoms with van der Waals surface area (Å²) in [5.74, 6) is 1.22. The fourth-order valence-electron chi connectivity index (χ4n) is 1.83. The van der Waals surface area contributed by atoms with Gasteiger partial charge in [-0.3, -0.25) is 0 Å². The first-order chi connectivity index (χ1) is 7.29. The quantitative estimate of drug-likeness (QED) is 0.774. The van der Waals surface area contributed by atoms with E-state index in [0.29, 0.717) is 11.8 Å². The molecule has 1 aliphatic rings. The van der Waals surface area contributed by atoms with Crippen LogP contribution in [0.4, 0.5) is 11.8 Å². The summed E-state index contributed by atoms with van der Waals surface area (Å²) in [5, 5.41) is 0. The van der Waals surface area contributed by atoms with Crippen LogP contribution in [0, 0.1) is 0 Å². The van der Waals surface area contributed by atoms with Crippen molar-refractivity contribution in [1.82, 2.24) is 9.97 Å². The lowest BCUT2D eigenvalue weighted by molar-refractivity contribution is 0.0889. The predicted octanol–water partition coefficient (Wildman–Crippen LogP) is 0.674. The molecule has 2 rings (SSSR count). The van der Waals surface area contributed by atoms with Gasteiger partial charge in [0.2, 0.25) is 5.95 Å². The molecule has 2 N–H and O–H groups in total. The maximum atomic E-state index is 5.62.